The van der Waals surface area contributed by atoms with Crippen molar-refractivity contribution in [3.05, 3.63) is 0 Å². The molecule has 1 N–H and O–H groups in total. The first-order valence-electron chi connectivity index (χ1n) is 7.86. The van der Waals surface area contributed by atoms with Crippen LogP contribution < -0.4 is 5.32 Å². The lowest BCUT2D eigenvalue weighted by Crippen LogP contribution is -2.64. The predicted octanol–water partition coefficient (Wildman–Crippen LogP) is 2.90. The molecule has 0 aliphatic carbocycles. The molecule has 1 heterocycles. The summed E-state index contributed by atoms with van der Waals surface area (Å²) in [6.07, 6.45) is 3.56. The highest BCUT2D eigenvalue weighted by Gasteiger charge is 2.36. The monoisotopic (exact) mass is 270 g/mol. The first-order chi connectivity index (χ1) is 8.88. The van der Waals surface area contributed by atoms with Crippen LogP contribution in [0.5, 0.6) is 0 Å². The molecular weight excluding hydrogens is 236 g/mol. The van der Waals surface area contributed by atoms with Gasteiger partial charge in [0.15, 0.2) is 0 Å². The average Bonchev–Trinajstić information content (AvgIpc) is 2.39. The number of piperazine rings is 1. The molecule has 0 bridgehead atoms. The van der Waals surface area contributed by atoms with Crippen molar-refractivity contribution in [2.75, 3.05) is 33.4 Å². The van der Waals surface area contributed by atoms with Gasteiger partial charge in [0, 0.05) is 44.9 Å². The Morgan fingerprint density at radius 2 is 1.95 bits per heavy atom. The number of nitrogens with zero attached hydrogens (tertiary/aromatic N) is 1. The molecular formula is C16H34N2O. The van der Waals surface area contributed by atoms with E-state index in [1.165, 1.54) is 25.9 Å². The summed E-state index contributed by atoms with van der Waals surface area (Å²) in [5.74, 6) is 0. The van der Waals surface area contributed by atoms with Gasteiger partial charge in [-0.1, -0.05) is 27.7 Å². The molecule has 1 unspecified atom stereocenters. The quantitative estimate of drug-likeness (QED) is 0.770. The normalized spacial score (nSPS) is 24.6. The fraction of sp³-hybridized carbons (Fsp3) is 1.00. The van der Waals surface area contributed by atoms with Crippen LogP contribution in [-0.2, 0) is 4.74 Å². The van der Waals surface area contributed by atoms with Gasteiger partial charge in [-0.25, -0.2) is 0 Å². The van der Waals surface area contributed by atoms with Gasteiger partial charge in [0.25, 0.3) is 0 Å². The van der Waals surface area contributed by atoms with Crippen LogP contribution in [0.2, 0.25) is 0 Å². The van der Waals surface area contributed by atoms with E-state index in [9.17, 15) is 0 Å². The highest BCUT2D eigenvalue weighted by Crippen LogP contribution is 2.28. The second kappa shape index (κ2) is 7.05. The zero-order valence-electron chi connectivity index (χ0n) is 13.9. The Morgan fingerprint density at radius 3 is 2.47 bits per heavy atom. The van der Waals surface area contributed by atoms with Gasteiger partial charge in [0.05, 0.1) is 0 Å². The third kappa shape index (κ3) is 4.73. The summed E-state index contributed by atoms with van der Waals surface area (Å²) in [5.41, 5.74) is 0.651. The topological polar surface area (TPSA) is 24.5 Å². The molecule has 1 aliphatic heterocycles. The molecule has 0 aromatic rings. The van der Waals surface area contributed by atoms with Gasteiger partial charge in [-0.05, 0) is 31.6 Å². The molecule has 0 radical (unpaired) electrons. The molecule has 3 nitrogen and oxygen atoms in total. The summed E-state index contributed by atoms with van der Waals surface area (Å²) < 4.78 is 5.25. The van der Waals surface area contributed by atoms with Crippen molar-refractivity contribution in [2.45, 2.75) is 65.5 Å². The van der Waals surface area contributed by atoms with Crippen LogP contribution in [0.3, 0.4) is 0 Å². The fourth-order valence-electron chi connectivity index (χ4n) is 3.04. The molecule has 1 fully saturated rings. The van der Waals surface area contributed by atoms with Crippen LogP contribution in [-0.4, -0.2) is 49.8 Å². The van der Waals surface area contributed by atoms with Crippen molar-refractivity contribution in [1.29, 1.82) is 0 Å². The summed E-state index contributed by atoms with van der Waals surface area (Å²) in [6, 6.07) is 0.632. The number of ether oxygens (including phenoxy) is 1. The van der Waals surface area contributed by atoms with E-state index in [4.69, 9.17) is 4.74 Å². The SMILES string of the molecule is CCC1(CC)CN(CC(C)(C)CCOC)C(C)CN1. The zero-order chi connectivity index (χ0) is 14.5. The number of hydrogen-bond acceptors (Lipinski definition) is 3. The van der Waals surface area contributed by atoms with Crippen molar-refractivity contribution in [2.24, 2.45) is 5.41 Å². The van der Waals surface area contributed by atoms with Crippen molar-refractivity contribution < 1.29 is 4.74 Å². The molecule has 1 saturated heterocycles. The number of nitrogens with one attached hydrogen (secondary N) is 1. The van der Waals surface area contributed by atoms with Crippen LogP contribution in [0.15, 0.2) is 0 Å². The molecule has 114 valence electrons. The molecule has 19 heavy (non-hydrogen) atoms. The van der Waals surface area contributed by atoms with Crippen LogP contribution in [0.25, 0.3) is 0 Å². The van der Waals surface area contributed by atoms with Gasteiger partial charge >= 0.3 is 0 Å². The summed E-state index contributed by atoms with van der Waals surface area (Å²) in [6.45, 7) is 16.0. The molecule has 1 rings (SSSR count). The molecule has 0 aromatic carbocycles. The van der Waals surface area contributed by atoms with Crippen LogP contribution in [0.4, 0.5) is 0 Å². The Bertz CT molecular complexity index is 261. The summed E-state index contributed by atoms with van der Waals surface area (Å²) in [5, 5.41) is 3.77. The smallest absolute Gasteiger partial charge is 0.0467 e. The third-order valence-corrected chi connectivity index (χ3v) is 4.87. The number of rotatable bonds is 7. The molecule has 0 spiro atoms. The minimum atomic E-state index is 0.323. The van der Waals surface area contributed by atoms with Gasteiger partial charge in [0.1, 0.15) is 0 Å². The maximum absolute atomic E-state index is 5.25. The van der Waals surface area contributed by atoms with Gasteiger partial charge in [-0.2, -0.15) is 0 Å². The Labute approximate surface area is 120 Å². The van der Waals surface area contributed by atoms with Gasteiger partial charge < -0.3 is 10.1 Å². The molecule has 0 saturated carbocycles. The maximum Gasteiger partial charge on any atom is 0.0467 e. The van der Waals surface area contributed by atoms with E-state index in [-0.39, 0.29) is 0 Å². The van der Waals surface area contributed by atoms with Crippen LogP contribution >= 0.6 is 0 Å². The summed E-state index contributed by atoms with van der Waals surface area (Å²) >= 11 is 0. The highest BCUT2D eigenvalue weighted by molar-refractivity contribution is 4.96. The second-order valence-corrected chi connectivity index (χ2v) is 7.03. The van der Waals surface area contributed by atoms with Crippen molar-refractivity contribution in [3.8, 4) is 0 Å². The Kier molecular flexibility index (Phi) is 6.28. The van der Waals surface area contributed by atoms with Gasteiger partial charge in [-0.3, -0.25) is 4.90 Å². The van der Waals surface area contributed by atoms with Gasteiger partial charge in [0.2, 0.25) is 0 Å². The minimum absolute atomic E-state index is 0.323. The van der Waals surface area contributed by atoms with Crippen molar-refractivity contribution in [1.82, 2.24) is 10.2 Å². The largest absolute Gasteiger partial charge is 0.385 e. The first-order valence-corrected chi connectivity index (χ1v) is 7.86. The molecule has 3 heteroatoms. The Balaban J connectivity index is 2.64. The fourth-order valence-corrected chi connectivity index (χ4v) is 3.04. The third-order valence-electron chi connectivity index (χ3n) is 4.87. The summed E-state index contributed by atoms with van der Waals surface area (Å²) in [7, 11) is 1.79. The van der Waals surface area contributed by atoms with E-state index >= 15 is 0 Å². The standard InChI is InChI=1S/C16H34N2O/c1-7-16(8-2)13-18(14(3)11-17-16)12-15(4,5)9-10-19-6/h14,17H,7-13H2,1-6H3. The minimum Gasteiger partial charge on any atom is -0.385 e. The highest BCUT2D eigenvalue weighted by atomic mass is 16.5. The van der Waals surface area contributed by atoms with E-state index in [0.717, 1.165) is 19.6 Å². The number of hydrogen-bond donors (Lipinski definition) is 1. The zero-order valence-corrected chi connectivity index (χ0v) is 13.9. The van der Waals surface area contributed by atoms with E-state index in [0.29, 0.717) is 17.0 Å². The first kappa shape index (κ1) is 16.9. The Hall–Kier alpha value is -0.120. The molecule has 1 atom stereocenters. The average molecular weight is 270 g/mol. The van der Waals surface area contributed by atoms with E-state index in [1.807, 2.05) is 0 Å². The van der Waals surface area contributed by atoms with Crippen LogP contribution in [0, 0.1) is 5.41 Å². The lowest BCUT2D eigenvalue weighted by molar-refractivity contribution is 0.0386. The predicted molar refractivity (Wildman–Crippen MR) is 82.6 cm³/mol. The molecule has 0 amide bonds. The van der Waals surface area contributed by atoms with E-state index < -0.39 is 0 Å². The molecule has 1 aliphatic rings. The van der Waals surface area contributed by atoms with E-state index in [1.54, 1.807) is 7.11 Å². The van der Waals surface area contributed by atoms with Crippen LogP contribution in [0.1, 0.15) is 53.9 Å². The lowest BCUT2D eigenvalue weighted by Gasteiger charge is -2.48. The second-order valence-electron chi connectivity index (χ2n) is 7.03. The van der Waals surface area contributed by atoms with Crippen molar-refractivity contribution >= 4 is 0 Å². The van der Waals surface area contributed by atoms with Crippen molar-refractivity contribution in [3.63, 3.8) is 0 Å². The van der Waals surface area contributed by atoms with Gasteiger partial charge in [-0.15, -0.1) is 0 Å². The lowest BCUT2D eigenvalue weighted by atomic mass is 9.84. The summed E-state index contributed by atoms with van der Waals surface area (Å²) in [4.78, 5) is 2.68. The molecule has 0 aromatic heterocycles. The van der Waals surface area contributed by atoms with E-state index in [2.05, 4.69) is 44.8 Å². The maximum atomic E-state index is 5.25. The number of methoxy groups -OCH3 is 1. The Morgan fingerprint density at radius 1 is 1.32 bits per heavy atom.